The van der Waals surface area contributed by atoms with Crippen LogP contribution in [0.2, 0.25) is 5.02 Å². The Morgan fingerprint density at radius 3 is 2.62 bits per heavy atom. The van der Waals surface area contributed by atoms with E-state index in [2.05, 4.69) is 30.3 Å². The average molecular weight is 618 g/mol. The zero-order valence-corrected chi connectivity index (χ0v) is 23.4. The Bertz CT molecular complexity index is 1690. The number of hydrogen-bond donors (Lipinski definition) is 2. The number of nitrogens with zero attached hydrogens (tertiary/aromatic N) is 3. The molecule has 0 radical (unpaired) electrons. The molecule has 0 saturated carbocycles. The SMILES string of the molecule is O=C(OCCOCCNc1ccc2c(c1)sc1ncnc(Nc3ccc(OCc4ccccn4)c(Cl)c3)c12)C(F)(F)F. The number of halogens is 4. The predicted octanol–water partition coefficient (Wildman–Crippen LogP) is 6.75. The summed E-state index contributed by atoms with van der Waals surface area (Å²) in [6.07, 6.45) is -1.81. The molecule has 0 spiro atoms. The highest BCUT2D eigenvalue weighted by molar-refractivity contribution is 7.25. The maximum absolute atomic E-state index is 12.1. The van der Waals surface area contributed by atoms with Crippen LogP contribution in [0, 0.1) is 0 Å². The average Bonchev–Trinajstić information content (AvgIpc) is 3.35. The number of hydrogen-bond acceptors (Lipinski definition) is 10. The molecule has 2 aromatic carbocycles. The van der Waals surface area contributed by atoms with E-state index >= 15 is 0 Å². The Kier molecular flexibility index (Phi) is 9.20. The van der Waals surface area contributed by atoms with Gasteiger partial charge in [0.25, 0.3) is 0 Å². The highest BCUT2D eigenvalue weighted by Crippen LogP contribution is 2.38. The van der Waals surface area contributed by atoms with E-state index in [4.69, 9.17) is 21.1 Å². The van der Waals surface area contributed by atoms with Gasteiger partial charge in [0.15, 0.2) is 0 Å². The van der Waals surface area contributed by atoms with Gasteiger partial charge in [-0.1, -0.05) is 23.7 Å². The number of anilines is 3. The molecule has 42 heavy (non-hydrogen) atoms. The number of thiophene rings is 1. The summed E-state index contributed by atoms with van der Waals surface area (Å²) in [7, 11) is 0. The first kappa shape index (κ1) is 29.3. The van der Waals surface area contributed by atoms with Crippen molar-refractivity contribution in [3.8, 4) is 5.75 Å². The van der Waals surface area contributed by atoms with Crippen molar-refractivity contribution in [3.05, 3.63) is 77.8 Å². The summed E-state index contributed by atoms with van der Waals surface area (Å²) in [5, 5.41) is 8.81. The summed E-state index contributed by atoms with van der Waals surface area (Å²) in [6.45, 7) is 0.299. The van der Waals surface area contributed by atoms with Crippen LogP contribution in [0.4, 0.5) is 30.4 Å². The fraction of sp³-hybridized carbons (Fsp3) is 0.214. The highest BCUT2D eigenvalue weighted by Gasteiger charge is 2.40. The predicted molar refractivity (Wildman–Crippen MR) is 155 cm³/mol. The molecule has 5 rings (SSSR count). The third kappa shape index (κ3) is 7.35. The molecule has 5 aromatic rings. The summed E-state index contributed by atoms with van der Waals surface area (Å²) in [6, 6.07) is 16.9. The molecule has 0 unspecified atom stereocenters. The summed E-state index contributed by atoms with van der Waals surface area (Å²) in [5.74, 6) is -1.06. The number of pyridine rings is 1. The third-order valence-electron chi connectivity index (χ3n) is 5.83. The number of nitrogens with one attached hydrogen (secondary N) is 2. The fourth-order valence-electron chi connectivity index (χ4n) is 3.92. The Morgan fingerprint density at radius 1 is 0.976 bits per heavy atom. The molecule has 0 aliphatic carbocycles. The normalized spacial score (nSPS) is 11.5. The van der Waals surface area contributed by atoms with Gasteiger partial charge in [0.2, 0.25) is 0 Å². The van der Waals surface area contributed by atoms with Crippen molar-refractivity contribution in [3.63, 3.8) is 0 Å². The van der Waals surface area contributed by atoms with Crippen molar-refractivity contribution in [1.82, 2.24) is 15.0 Å². The van der Waals surface area contributed by atoms with Gasteiger partial charge in [0.05, 0.1) is 29.3 Å². The standard InChI is InChI=1S/C28H23ClF3N5O4S/c29-21-13-18(5-7-22(21)41-15-19-3-1-2-8-33-19)37-25-24-20-6-4-17(14-23(20)42-26(24)36-16-35-25)34-9-10-39-11-12-40-27(38)28(30,31)32/h1-8,13-14,16,34H,9-12,15H2,(H,35,36,37). The second kappa shape index (κ2) is 13.2. The maximum Gasteiger partial charge on any atom is 0.490 e. The summed E-state index contributed by atoms with van der Waals surface area (Å²) < 4.78 is 52.5. The first-order chi connectivity index (χ1) is 20.3. The van der Waals surface area contributed by atoms with Crippen LogP contribution in [0.15, 0.2) is 67.1 Å². The molecule has 14 heteroatoms. The molecule has 3 aromatic heterocycles. The van der Waals surface area contributed by atoms with Gasteiger partial charge >= 0.3 is 12.1 Å². The Morgan fingerprint density at radius 2 is 1.83 bits per heavy atom. The van der Waals surface area contributed by atoms with Crippen LogP contribution in [0.1, 0.15) is 5.69 Å². The number of ether oxygens (including phenoxy) is 3. The smallest absolute Gasteiger partial charge is 0.486 e. The van der Waals surface area contributed by atoms with E-state index in [0.717, 1.165) is 37.4 Å². The van der Waals surface area contributed by atoms with Crippen LogP contribution >= 0.6 is 22.9 Å². The lowest BCUT2D eigenvalue weighted by Gasteiger charge is -2.11. The van der Waals surface area contributed by atoms with Crippen LogP contribution in [-0.4, -0.2) is 53.5 Å². The van der Waals surface area contributed by atoms with Crippen LogP contribution in [0.25, 0.3) is 20.3 Å². The molecular formula is C28H23ClF3N5O4S. The first-order valence-corrected chi connectivity index (χ1v) is 13.8. The molecular weight excluding hydrogens is 595 g/mol. The highest BCUT2D eigenvalue weighted by atomic mass is 35.5. The van der Waals surface area contributed by atoms with E-state index in [9.17, 15) is 18.0 Å². The van der Waals surface area contributed by atoms with Crippen molar-refractivity contribution in [1.29, 1.82) is 0 Å². The van der Waals surface area contributed by atoms with Crippen molar-refractivity contribution in [2.45, 2.75) is 12.8 Å². The van der Waals surface area contributed by atoms with Gasteiger partial charge in [-0.05, 0) is 42.5 Å². The topological polar surface area (TPSA) is 107 Å². The number of fused-ring (bicyclic) bond motifs is 3. The van der Waals surface area contributed by atoms with Crippen LogP contribution in [-0.2, 0) is 20.9 Å². The molecule has 0 bridgehead atoms. The summed E-state index contributed by atoms with van der Waals surface area (Å²) in [5.41, 5.74) is 2.36. The van der Waals surface area contributed by atoms with Gasteiger partial charge in [0.1, 0.15) is 35.9 Å². The molecule has 218 valence electrons. The number of esters is 1. The number of alkyl halides is 3. The minimum atomic E-state index is -5.01. The zero-order valence-electron chi connectivity index (χ0n) is 21.8. The number of carbonyl (C=O) groups excluding carboxylic acids is 1. The van der Waals surface area contributed by atoms with E-state index in [1.165, 1.54) is 17.7 Å². The van der Waals surface area contributed by atoms with E-state index < -0.39 is 18.8 Å². The van der Waals surface area contributed by atoms with E-state index in [1.54, 1.807) is 18.3 Å². The lowest BCUT2D eigenvalue weighted by Crippen LogP contribution is -2.27. The monoisotopic (exact) mass is 617 g/mol. The van der Waals surface area contributed by atoms with Crippen LogP contribution in [0.5, 0.6) is 5.75 Å². The molecule has 0 saturated heterocycles. The third-order valence-corrected chi connectivity index (χ3v) is 7.19. The maximum atomic E-state index is 12.1. The quantitative estimate of drug-likeness (QED) is 0.116. The van der Waals surface area contributed by atoms with E-state index in [-0.39, 0.29) is 13.2 Å². The van der Waals surface area contributed by atoms with E-state index in [1.807, 2.05) is 42.5 Å². The summed E-state index contributed by atoms with van der Waals surface area (Å²) >= 11 is 8.00. The van der Waals surface area contributed by atoms with Crippen molar-refractivity contribution < 1.29 is 32.2 Å². The molecule has 3 heterocycles. The van der Waals surface area contributed by atoms with Crippen molar-refractivity contribution >= 4 is 66.4 Å². The molecule has 0 amide bonds. The molecule has 0 aliphatic rings. The van der Waals surface area contributed by atoms with Gasteiger partial charge < -0.3 is 24.8 Å². The van der Waals surface area contributed by atoms with Crippen molar-refractivity contribution in [2.24, 2.45) is 0 Å². The molecule has 0 atom stereocenters. The fourth-order valence-corrected chi connectivity index (χ4v) is 5.24. The Hall–Kier alpha value is -4.20. The number of benzene rings is 2. The summed E-state index contributed by atoms with van der Waals surface area (Å²) in [4.78, 5) is 24.6. The molecule has 2 N–H and O–H groups in total. The minimum Gasteiger partial charge on any atom is -0.486 e. The lowest BCUT2D eigenvalue weighted by atomic mass is 10.2. The second-order valence-electron chi connectivity index (χ2n) is 8.77. The van der Waals surface area contributed by atoms with Gasteiger partial charge in [-0.15, -0.1) is 11.3 Å². The van der Waals surface area contributed by atoms with E-state index in [0.29, 0.717) is 29.7 Å². The zero-order chi connectivity index (χ0) is 29.5. The van der Waals surface area contributed by atoms with Crippen LogP contribution < -0.4 is 15.4 Å². The molecule has 0 aliphatic heterocycles. The number of rotatable bonds is 12. The van der Waals surface area contributed by atoms with Crippen LogP contribution in [0.3, 0.4) is 0 Å². The minimum absolute atomic E-state index is 0.139. The van der Waals surface area contributed by atoms with Gasteiger partial charge in [-0.2, -0.15) is 13.2 Å². The number of carbonyl (C=O) groups is 1. The Balaban J connectivity index is 1.19. The lowest BCUT2D eigenvalue weighted by molar-refractivity contribution is -0.200. The number of aromatic nitrogens is 3. The molecule has 9 nitrogen and oxygen atoms in total. The van der Waals surface area contributed by atoms with Gasteiger partial charge in [0, 0.05) is 34.2 Å². The van der Waals surface area contributed by atoms with Crippen molar-refractivity contribution in [2.75, 3.05) is 37.0 Å². The molecule has 0 fully saturated rings. The largest absolute Gasteiger partial charge is 0.490 e. The van der Waals surface area contributed by atoms with Gasteiger partial charge in [-0.25, -0.2) is 14.8 Å². The van der Waals surface area contributed by atoms with Gasteiger partial charge in [-0.3, -0.25) is 4.98 Å². The second-order valence-corrected chi connectivity index (χ2v) is 10.2. The first-order valence-electron chi connectivity index (χ1n) is 12.6. The Labute approximate surface area is 246 Å².